The van der Waals surface area contributed by atoms with Gasteiger partial charge in [0.2, 0.25) is 0 Å². The van der Waals surface area contributed by atoms with Crippen molar-refractivity contribution < 1.29 is 0 Å². The zero-order valence-corrected chi connectivity index (χ0v) is 20.0. The third kappa shape index (κ3) is 6.44. The summed E-state index contributed by atoms with van der Waals surface area (Å²) in [6.45, 7) is 7.00. The standard InChI is InChI=1S/C25H32ClN7/c1-3-4-7-22(14-18(2)26)33(29)25(31-28)23-15-21(16-30-24(23)27)20-10-8-19(9-11-20)17-32-12-5-6-13-32/h3-4,7-11,14-16H,5-6,12-13,17,28-29H2,1-2H3,(H2,27,30)/b4-3-,18-14+,22-7+,31-25-. The molecule has 8 heteroatoms. The minimum Gasteiger partial charge on any atom is -0.383 e. The van der Waals surface area contributed by atoms with Crippen LogP contribution in [0, 0.1) is 0 Å². The first-order valence-electron chi connectivity index (χ1n) is 11.0. The van der Waals surface area contributed by atoms with Crippen LogP contribution >= 0.6 is 11.6 Å². The van der Waals surface area contributed by atoms with Gasteiger partial charge in [-0.1, -0.05) is 48.0 Å². The average molecular weight is 466 g/mol. The molecular formula is C25H32ClN7. The van der Waals surface area contributed by atoms with Crippen LogP contribution in [0.25, 0.3) is 11.1 Å². The van der Waals surface area contributed by atoms with Crippen LogP contribution in [0.5, 0.6) is 0 Å². The molecular weight excluding hydrogens is 434 g/mol. The number of nitrogens with zero attached hydrogens (tertiary/aromatic N) is 4. The zero-order valence-electron chi connectivity index (χ0n) is 19.2. The first-order chi connectivity index (χ1) is 15.9. The van der Waals surface area contributed by atoms with Crippen LogP contribution in [0.15, 0.2) is 76.7 Å². The van der Waals surface area contributed by atoms with E-state index in [0.717, 1.165) is 17.7 Å². The van der Waals surface area contributed by atoms with Crippen LogP contribution in [-0.4, -0.2) is 33.8 Å². The van der Waals surface area contributed by atoms with Gasteiger partial charge in [-0.2, -0.15) is 5.10 Å². The van der Waals surface area contributed by atoms with E-state index in [1.165, 1.54) is 36.5 Å². The van der Waals surface area contributed by atoms with Gasteiger partial charge in [-0.3, -0.25) is 9.91 Å². The summed E-state index contributed by atoms with van der Waals surface area (Å²) in [4.78, 5) is 6.85. The number of likely N-dealkylation sites (tertiary alicyclic amines) is 1. The maximum Gasteiger partial charge on any atom is 0.177 e. The third-order valence-corrected chi connectivity index (χ3v) is 5.60. The molecule has 0 aliphatic carbocycles. The number of allylic oxidation sites excluding steroid dienone is 5. The lowest BCUT2D eigenvalue weighted by atomic mass is 10.0. The summed E-state index contributed by atoms with van der Waals surface area (Å²) >= 11 is 6.09. The summed E-state index contributed by atoms with van der Waals surface area (Å²) in [5.74, 6) is 12.7. The Labute approximate surface area is 200 Å². The number of aromatic nitrogens is 1. The van der Waals surface area contributed by atoms with E-state index in [2.05, 4.69) is 39.3 Å². The molecule has 1 aromatic carbocycles. The lowest BCUT2D eigenvalue weighted by molar-refractivity contribution is 0.331. The van der Waals surface area contributed by atoms with Crippen molar-refractivity contribution in [3.63, 3.8) is 0 Å². The number of hydrazone groups is 1. The fourth-order valence-corrected chi connectivity index (χ4v) is 3.91. The molecule has 0 spiro atoms. The summed E-state index contributed by atoms with van der Waals surface area (Å²) in [6.07, 6.45) is 11.6. The Morgan fingerprint density at radius 3 is 2.52 bits per heavy atom. The van der Waals surface area contributed by atoms with Crippen molar-refractivity contribution in [3.05, 3.63) is 82.7 Å². The number of nitrogen functional groups attached to an aromatic ring is 1. The maximum absolute atomic E-state index is 6.38. The van der Waals surface area contributed by atoms with Gasteiger partial charge in [-0.25, -0.2) is 10.8 Å². The van der Waals surface area contributed by atoms with Crippen molar-refractivity contribution in [1.29, 1.82) is 0 Å². The van der Waals surface area contributed by atoms with Crippen LogP contribution in [0.1, 0.15) is 37.8 Å². The number of hydrogen-bond acceptors (Lipinski definition) is 6. The van der Waals surface area contributed by atoms with E-state index in [-0.39, 0.29) is 11.7 Å². The van der Waals surface area contributed by atoms with E-state index < -0.39 is 0 Å². The highest BCUT2D eigenvalue weighted by molar-refractivity contribution is 6.29. The van der Waals surface area contributed by atoms with Gasteiger partial charge in [0, 0.05) is 23.3 Å². The van der Waals surface area contributed by atoms with Gasteiger partial charge < -0.3 is 11.6 Å². The molecule has 33 heavy (non-hydrogen) atoms. The molecule has 1 aliphatic rings. The first kappa shape index (κ1) is 24.5. The van der Waals surface area contributed by atoms with Crippen molar-refractivity contribution in [3.8, 4) is 11.1 Å². The molecule has 0 unspecified atom stereocenters. The first-order valence-corrected chi connectivity index (χ1v) is 11.4. The van der Waals surface area contributed by atoms with Crippen LogP contribution in [0.2, 0.25) is 0 Å². The number of benzene rings is 1. The Morgan fingerprint density at radius 1 is 1.21 bits per heavy atom. The SMILES string of the molecule is C\C=C/C=C(\C=C(/C)Cl)N(N)/C(=N\N)c1cc(-c2ccc(CN3CCCC3)cc2)cnc1N. The van der Waals surface area contributed by atoms with Crippen LogP contribution in [0.4, 0.5) is 5.82 Å². The lowest BCUT2D eigenvalue weighted by Crippen LogP contribution is -2.38. The normalized spacial score (nSPS) is 16.1. The van der Waals surface area contributed by atoms with Gasteiger partial charge in [0.05, 0.1) is 11.3 Å². The van der Waals surface area contributed by atoms with Crippen LogP contribution in [0.3, 0.4) is 0 Å². The summed E-state index contributed by atoms with van der Waals surface area (Å²) in [7, 11) is 0. The van der Waals surface area contributed by atoms with Crippen molar-refractivity contribution in [2.75, 3.05) is 18.8 Å². The Bertz CT molecular complexity index is 1060. The summed E-state index contributed by atoms with van der Waals surface area (Å²) in [5.41, 5.74) is 10.5. The van der Waals surface area contributed by atoms with E-state index in [1.807, 2.05) is 31.2 Å². The molecule has 7 nitrogen and oxygen atoms in total. The van der Waals surface area contributed by atoms with Crippen molar-refractivity contribution >= 4 is 23.3 Å². The molecule has 0 radical (unpaired) electrons. The van der Waals surface area contributed by atoms with Crippen molar-refractivity contribution in [2.24, 2.45) is 16.8 Å². The predicted octanol–water partition coefficient (Wildman–Crippen LogP) is 4.33. The molecule has 6 N–H and O–H groups in total. The van der Waals surface area contributed by atoms with Gasteiger partial charge in [0.1, 0.15) is 5.82 Å². The Hall–Kier alpha value is -3.13. The highest BCUT2D eigenvalue weighted by atomic mass is 35.5. The number of pyridine rings is 1. The summed E-state index contributed by atoms with van der Waals surface area (Å²) in [5, 5.41) is 5.83. The average Bonchev–Trinajstić information content (AvgIpc) is 3.31. The van der Waals surface area contributed by atoms with Gasteiger partial charge in [0.25, 0.3) is 0 Å². The quantitative estimate of drug-likeness (QED) is 0.184. The molecule has 0 atom stereocenters. The smallest absolute Gasteiger partial charge is 0.177 e. The number of hydrazine groups is 1. The van der Waals surface area contributed by atoms with E-state index in [1.54, 1.807) is 19.2 Å². The molecule has 1 aromatic heterocycles. The van der Waals surface area contributed by atoms with E-state index in [0.29, 0.717) is 16.3 Å². The summed E-state index contributed by atoms with van der Waals surface area (Å²) in [6, 6.07) is 10.4. The second kappa shape index (κ2) is 11.7. The largest absolute Gasteiger partial charge is 0.383 e. The zero-order chi connectivity index (χ0) is 23.8. The predicted molar refractivity (Wildman–Crippen MR) is 138 cm³/mol. The molecule has 3 rings (SSSR count). The minimum atomic E-state index is 0.275. The van der Waals surface area contributed by atoms with Crippen LogP contribution < -0.4 is 17.4 Å². The second-order valence-corrected chi connectivity index (χ2v) is 8.60. The molecule has 1 saturated heterocycles. The number of halogens is 1. The monoisotopic (exact) mass is 465 g/mol. The van der Waals surface area contributed by atoms with E-state index in [9.17, 15) is 0 Å². The van der Waals surface area contributed by atoms with Crippen molar-refractivity contribution in [2.45, 2.75) is 33.2 Å². The Kier molecular flexibility index (Phi) is 8.65. The molecule has 1 fully saturated rings. The van der Waals surface area contributed by atoms with Gasteiger partial charge in [0.15, 0.2) is 5.84 Å². The molecule has 2 aromatic rings. The molecule has 174 valence electrons. The molecule has 2 heterocycles. The minimum absolute atomic E-state index is 0.275. The Balaban J connectivity index is 1.89. The van der Waals surface area contributed by atoms with Crippen molar-refractivity contribution in [1.82, 2.24) is 14.9 Å². The van der Waals surface area contributed by atoms with Gasteiger partial charge >= 0.3 is 0 Å². The summed E-state index contributed by atoms with van der Waals surface area (Å²) < 4.78 is 0. The second-order valence-electron chi connectivity index (χ2n) is 8.01. The molecule has 0 saturated carbocycles. The fourth-order valence-electron chi connectivity index (χ4n) is 3.79. The van der Waals surface area contributed by atoms with Gasteiger partial charge in [-0.05, 0) is 69.1 Å². The topological polar surface area (TPSA) is 110 Å². The molecule has 0 bridgehead atoms. The number of hydrogen-bond donors (Lipinski definition) is 3. The fraction of sp³-hybridized carbons (Fsp3) is 0.280. The van der Waals surface area contributed by atoms with Crippen LogP contribution in [-0.2, 0) is 6.54 Å². The van der Waals surface area contributed by atoms with E-state index in [4.69, 9.17) is 29.0 Å². The molecule has 0 amide bonds. The maximum atomic E-state index is 6.38. The van der Waals surface area contributed by atoms with E-state index >= 15 is 0 Å². The lowest BCUT2D eigenvalue weighted by Gasteiger charge is -2.22. The number of rotatable bonds is 7. The number of anilines is 1. The number of nitrogens with two attached hydrogens (primary N) is 3. The number of amidine groups is 1. The highest BCUT2D eigenvalue weighted by Crippen LogP contribution is 2.25. The van der Waals surface area contributed by atoms with Gasteiger partial charge in [-0.15, -0.1) is 0 Å². The molecule has 1 aliphatic heterocycles. The Morgan fingerprint density at radius 2 is 1.91 bits per heavy atom. The third-order valence-electron chi connectivity index (χ3n) is 5.49. The highest BCUT2D eigenvalue weighted by Gasteiger charge is 2.18.